The number of anilines is 1. The smallest absolute Gasteiger partial charge is 0.321 e. The minimum Gasteiger partial charge on any atom is -0.467 e. The van der Waals surface area contributed by atoms with Crippen LogP contribution in [0.15, 0.2) is 29.6 Å². The topological polar surface area (TPSA) is 128 Å². The van der Waals surface area contributed by atoms with Crippen molar-refractivity contribution in [1.82, 2.24) is 25.4 Å². The van der Waals surface area contributed by atoms with Gasteiger partial charge in [0.15, 0.2) is 0 Å². The summed E-state index contributed by atoms with van der Waals surface area (Å²) in [5, 5.41) is 4.25. The first-order valence-electron chi connectivity index (χ1n) is 7.47. The first kappa shape index (κ1) is 15.8. The highest BCUT2D eigenvalue weighted by Crippen LogP contribution is 2.31. The van der Waals surface area contributed by atoms with Crippen LogP contribution in [0.3, 0.4) is 0 Å². The van der Waals surface area contributed by atoms with E-state index in [1.54, 1.807) is 18.3 Å². The number of nitrogens with zero attached hydrogens (tertiary/aromatic N) is 5. The number of aromatic nitrogens is 4. The largest absolute Gasteiger partial charge is 0.467 e. The monoisotopic (exact) mass is 327 g/mol. The molecule has 0 bridgehead atoms. The van der Waals surface area contributed by atoms with Gasteiger partial charge in [-0.2, -0.15) is 20.1 Å². The van der Waals surface area contributed by atoms with Gasteiger partial charge in [-0.15, -0.1) is 0 Å². The number of hydrazone groups is 1. The van der Waals surface area contributed by atoms with Crippen molar-refractivity contribution in [2.75, 3.05) is 12.8 Å². The molecule has 0 unspecified atom stereocenters. The zero-order valence-corrected chi connectivity index (χ0v) is 13.1. The zero-order chi connectivity index (χ0) is 16.9. The van der Waals surface area contributed by atoms with Gasteiger partial charge in [-0.25, -0.2) is 5.43 Å². The van der Waals surface area contributed by atoms with Gasteiger partial charge in [0, 0.05) is 24.5 Å². The van der Waals surface area contributed by atoms with E-state index in [1.807, 2.05) is 0 Å². The predicted molar refractivity (Wildman–Crippen MR) is 86.4 cm³/mol. The van der Waals surface area contributed by atoms with E-state index in [-0.39, 0.29) is 17.9 Å². The van der Waals surface area contributed by atoms with Crippen LogP contribution in [0.5, 0.6) is 6.01 Å². The number of hydrogen-bond donors (Lipinski definition) is 2. The van der Waals surface area contributed by atoms with Crippen molar-refractivity contribution in [3.63, 3.8) is 0 Å². The molecule has 0 spiro atoms. The maximum absolute atomic E-state index is 12.1. The lowest BCUT2D eigenvalue weighted by atomic mass is 10.2. The summed E-state index contributed by atoms with van der Waals surface area (Å²) in [4.78, 5) is 28.1. The first-order chi connectivity index (χ1) is 11.7. The summed E-state index contributed by atoms with van der Waals surface area (Å²) < 4.78 is 4.99. The van der Waals surface area contributed by atoms with Gasteiger partial charge in [-0.1, -0.05) is 0 Å². The number of rotatable bonds is 6. The van der Waals surface area contributed by atoms with E-state index in [0.717, 1.165) is 18.6 Å². The van der Waals surface area contributed by atoms with Crippen LogP contribution >= 0.6 is 0 Å². The number of methoxy groups -OCH3 is 1. The molecule has 2 heterocycles. The second-order valence-corrected chi connectivity index (χ2v) is 5.33. The molecule has 2 aromatic heterocycles. The Kier molecular flexibility index (Phi) is 4.59. The minimum atomic E-state index is -0.311. The van der Waals surface area contributed by atoms with Crippen molar-refractivity contribution >= 4 is 17.6 Å². The van der Waals surface area contributed by atoms with Crippen molar-refractivity contribution in [3.8, 4) is 6.01 Å². The highest BCUT2D eigenvalue weighted by atomic mass is 16.5. The molecular weight excluding hydrogens is 310 g/mol. The molecule has 3 N–H and O–H groups in total. The quantitative estimate of drug-likeness (QED) is 0.587. The molecule has 1 aliphatic carbocycles. The number of nitrogen functional groups attached to an aromatic ring is 1. The van der Waals surface area contributed by atoms with E-state index in [4.69, 9.17) is 10.5 Å². The van der Waals surface area contributed by atoms with Crippen molar-refractivity contribution in [2.24, 2.45) is 11.0 Å². The third kappa shape index (κ3) is 4.00. The van der Waals surface area contributed by atoms with Crippen LogP contribution in [-0.4, -0.2) is 38.7 Å². The summed E-state index contributed by atoms with van der Waals surface area (Å²) in [5.41, 5.74) is 9.45. The lowest BCUT2D eigenvalue weighted by molar-refractivity contribution is 0.0954. The highest BCUT2D eigenvalue weighted by molar-refractivity contribution is 5.96. The number of hydrogen-bond acceptors (Lipinski definition) is 8. The summed E-state index contributed by atoms with van der Waals surface area (Å²) in [7, 11) is 1.46. The molecule has 9 heteroatoms. The number of nitrogens with one attached hydrogen (secondary N) is 1. The van der Waals surface area contributed by atoms with Crippen LogP contribution < -0.4 is 15.9 Å². The summed E-state index contributed by atoms with van der Waals surface area (Å²) in [5.74, 6) is 0.559. The fraction of sp³-hybridized carbons (Fsp3) is 0.333. The van der Waals surface area contributed by atoms with Crippen molar-refractivity contribution < 1.29 is 9.53 Å². The van der Waals surface area contributed by atoms with E-state index in [9.17, 15) is 4.79 Å². The Balaban J connectivity index is 1.73. The van der Waals surface area contributed by atoms with Crippen LogP contribution in [0.25, 0.3) is 0 Å². The Bertz CT molecular complexity index is 760. The third-order valence-electron chi connectivity index (χ3n) is 3.47. The fourth-order valence-corrected chi connectivity index (χ4v) is 2.12. The van der Waals surface area contributed by atoms with Crippen molar-refractivity contribution in [2.45, 2.75) is 19.3 Å². The second-order valence-electron chi connectivity index (χ2n) is 5.33. The van der Waals surface area contributed by atoms with Crippen LogP contribution in [0, 0.1) is 5.92 Å². The molecule has 1 amide bonds. The number of carbonyl (C=O) groups is 1. The number of pyridine rings is 1. The van der Waals surface area contributed by atoms with E-state index < -0.39 is 0 Å². The van der Waals surface area contributed by atoms with Gasteiger partial charge in [0.05, 0.1) is 12.7 Å². The van der Waals surface area contributed by atoms with Gasteiger partial charge >= 0.3 is 6.01 Å². The minimum absolute atomic E-state index is 0.0893. The summed E-state index contributed by atoms with van der Waals surface area (Å²) in [6, 6.07) is 3.53. The fourth-order valence-electron chi connectivity index (χ4n) is 2.12. The maximum atomic E-state index is 12.1. The van der Waals surface area contributed by atoms with Gasteiger partial charge in [-0.05, 0) is 30.9 Å². The molecule has 24 heavy (non-hydrogen) atoms. The summed E-state index contributed by atoms with van der Waals surface area (Å²) in [6.45, 7) is 0. The highest BCUT2D eigenvalue weighted by Gasteiger charge is 2.29. The van der Waals surface area contributed by atoms with Crippen molar-refractivity contribution in [3.05, 3.63) is 35.9 Å². The summed E-state index contributed by atoms with van der Waals surface area (Å²) >= 11 is 0. The SMILES string of the molecule is COc1nc(N)nc(C/C(=N\NC(=O)c2cccnc2)C2CC2)n1. The van der Waals surface area contributed by atoms with E-state index >= 15 is 0 Å². The molecule has 1 fully saturated rings. The standard InChI is InChI=1S/C15H17N7O2/c1-24-15-19-12(18-14(16)20-15)7-11(9-4-5-9)21-22-13(23)10-3-2-6-17-8-10/h2-3,6,8-9H,4-5,7H2,1H3,(H,22,23)(H2,16,18,19,20)/b21-11+. The number of ether oxygens (including phenoxy) is 1. The Morgan fingerprint density at radius 1 is 1.42 bits per heavy atom. The Hall–Kier alpha value is -3.10. The van der Waals surface area contributed by atoms with Crippen LogP contribution in [0.2, 0.25) is 0 Å². The molecule has 0 aliphatic heterocycles. The van der Waals surface area contributed by atoms with Gasteiger partial charge in [0.2, 0.25) is 5.95 Å². The molecule has 1 aliphatic rings. The lowest BCUT2D eigenvalue weighted by Crippen LogP contribution is -2.22. The van der Waals surface area contributed by atoms with E-state index in [2.05, 4.69) is 30.5 Å². The van der Waals surface area contributed by atoms with Gasteiger partial charge < -0.3 is 10.5 Å². The maximum Gasteiger partial charge on any atom is 0.321 e. The number of nitrogens with two attached hydrogens (primary N) is 1. The Labute approximate surface area is 138 Å². The predicted octanol–water partition coefficient (Wildman–Crippen LogP) is 0.596. The molecule has 1 saturated carbocycles. The normalized spacial score (nSPS) is 14.3. The molecule has 0 atom stereocenters. The molecule has 0 aromatic carbocycles. The van der Waals surface area contributed by atoms with Gasteiger partial charge in [0.25, 0.3) is 5.91 Å². The van der Waals surface area contributed by atoms with Crippen LogP contribution in [0.1, 0.15) is 29.0 Å². The van der Waals surface area contributed by atoms with Crippen molar-refractivity contribution in [1.29, 1.82) is 0 Å². The van der Waals surface area contributed by atoms with Gasteiger partial charge in [0.1, 0.15) is 5.82 Å². The zero-order valence-electron chi connectivity index (χ0n) is 13.1. The lowest BCUT2D eigenvalue weighted by Gasteiger charge is -2.07. The molecule has 3 rings (SSSR count). The first-order valence-corrected chi connectivity index (χ1v) is 7.47. The average Bonchev–Trinajstić information content (AvgIpc) is 3.43. The Morgan fingerprint density at radius 3 is 2.92 bits per heavy atom. The van der Waals surface area contributed by atoms with Crippen LogP contribution in [-0.2, 0) is 6.42 Å². The molecule has 124 valence electrons. The second kappa shape index (κ2) is 6.99. The molecule has 9 nitrogen and oxygen atoms in total. The molecular formula is C15H17N7O2. The summed E-state index contributed by atoms with van der Waals surface area (Å²) in [6.07, 6.45) is 5.52. The third-order valence-corrected chi connectivity index (χ3v) is 3.47. The number of amides is 1. The molecule has 2 aromatic rings. The number of carbonyl (C=O) groups excluding carboxylic acids is 1. The molecule has 0 radical (unpaired) electrons. The van der Waals surface area contributed by atoms with E-state index in [1.165, 1.54) is 13.3 Å². The van der Waals surface area contributed by atoms with E-state index in [0.29, 0.717) is 23.7 Å². The van der Waals surface area contributed by atoms with Gasteiger partial charge in [-0.3, -0.25) is 9.78 Å². The molecule has 0 saturated heterocycles. The van der Waals surface area contributed by atoms with Crippen LogP contribution in [0.4, 0.5) is 5.95 Å². The average molecular weight is 327 g/mol. The Morgan fingerprint density at radius 2 is 2.25 bits per heavy atom.